The average Bonchev–Trinajstić information content (AvgIpc) is 2.78. The molecule has 0 bridgehead atoms. The Kier molecular flexibility index (Phi) is 5.85. The number of carbonyl (C=O) groups is 2. The molecule has 0 saturated heterocycles. The van der Waals surface area contributed by atoms with Crippen LogP contribution in [0.2, 0.25) is 0 Å². The predicted molar refractivity (Wildman–Crippen MR) is 67.2 cm³/mol. The van der Waals surface area contributed by atoms with Crippen LogP contribution < -0.4 is 5.32 Å². The summed E-state index contributed by atoms with van der Waals surface area (Å²) in [4.78, 5) is 22.9. The highest BCUT2D eigenvalue weighted by atomic mass is 16.5. The molecule has 2 N–H and O–H groups in total. The molecule has 1 rings (SSSR count). The van der Waals surface area contributed by atoms with Gasteiger partial charge in [0, 0.05) is 13.0 Å². The van der Waals surface area contributed by atoms with E-state index in [1.807, 2.05) is 0 Å². The van der Waals surface area contributed by atoms with Crippen molar-refractivity contribution in [3.05, 3.63) is 12.7 Å². The molecule has 0 spiro atoms. The summed E-state index contributed by atoms with van der Waals surface area (Å²) in [5.74, 6) is -1.13. The summed E-state index contributed by atoms with van der Waals surface area (Å²) >= 11 is 0. The Morgan fingerprint density at radius 1 is 1.39 bits per heavy atom. The van der Waals surface area contributed by atoms with Gasteiger partial charge in [0.15, 0.2) is 0 Å². The van der Waals surface area contributed by atoms with Crippen LogP contribution in [0.4, 0.5) is 0 Å². The monoisotopic (exact) mass is 255 g/mol. The van der Waals surface area contributed by atoms with Gasteiger partial charge >= 0.3 is 5.97 Å². The standard InChI is InChI=1S/C13H21NO4/c1-2-9-18-10-5-6-11(15)14-13(12(16)17)7-3-4-8-13/h2H,1,3-10H2,(H,14,15)(H,16,17). The molecule has 0 aromatic rings. The van der Waals surface area contributed by atoms with Crippen LogP contribution in [-0.2, 0) is 14.3 Å². The van der Waals surface area contributed by atoms with E-state index in [0.717, 1.165) is 12.8 Å². The first-order valence-electron chi connectivity index (χ1n) is 6.34. The van der Waals surface area contributed by atoms with Crippen molar-refractivity contribution in [3.8, 4) is 0 Å². The molecular weight excluding hydrogens is 234 g/mol. The largest absolute Gasteiger partial charge is 0.480 e. The first-order valence-corrected chi connectivity index (χ1v) is 6.34. The number of hydrogen-bond acceptors (Lipinski definition) is 3. The minimum Gasteiger partial charge on any atom is -0.480 e. The average molecular weight is 255 g/mol. The van der Waals surface area contributed by atoms with Gasteiger partial charge in [-0.15, -0.1) is 6.58 Å². The van der Waals surface area contributed by atoms with Crippen LogP contribution in [0.3, 0.4) is 0 Å². The second-order valence-corrected chi connectivity index (χ2v) is 4.61. The zero-order chi connectivity index (χ0) is 13.4. The molecular formula is C13H21NO4. The van der Waals surface area contributed by atoms with E-state index in [1.165, 1.54) is 0 Å². The van der Waals surface area contributed by atoms with E-state index in [1.54, 1.807) is 6.08 Å². The topological polar surface area (TPSA) is 75.6 Å². The van der Waals surface area contributed by atoms with E-state index in [9.17, 15) is 14.7 Å². The minimum absolute atomic E-state index is 0.207. The Morgan fingerprint density at radius 3 is 2.61 bits per heavy atom. The van der Waals surface area contributed by atoms with Crippen molar-refractivity contribution in [3.63, 3.8) is 0 Å². The van der Waals surface area contributed by atoms with Gasteiger partial charge < -0.3 is 15.2 Å². The van der Waals surface area contributed by atoms with Gasteiger partial charge in [0.1, 0.15) is 5.54 Å². The maximum atomic E-state index is 11.7. The Hall–Kier alpha value is -1.36. The first-order chi connectivity index (χ1) is 8.60. The molecule has 5 heteroatoms. The smallest absolute Gasteiger partial charge is 0.329 e. The van der Waals surface area contributed by atoms with Crippen molar-refractivity contribution < 1.29 is 19.4 Å². The van der Waals surface area contributed by atoms with Crippen molar-refractivity contribution in [2.75, 3.05) is 13.2 Å². The minimum atomic E-state index is -1.03. The van der Waals surface area contributed by atoms with Crippen molar-refractivity contribution in [1.29, 1.82) is 0 Å². The second kappa shape index (κ2) is 7.16. The molecule has 1 fully saturated rings. The van der Waals surface area contributed by atoms with Crippen molar-refractivity contribution in [1.82, 2.24) is 5.32 Å². The fourth-order valence-electron chi connectivity index (χ4n) is 2.20. The van der Waals surface area contributed by atoms with E-state index in [4.69, 9.17) is 4.74 Å². The number of ether oxygens (including phenoxy) is 1. The number of nitrogens with one attached hydrogen (secondary N) is 1. The summed E-state index contributed by atoms with van der Waals surface area (Å²) in [7, 11) is 0. The maximum absolute atomic E-state index is 11.7. The molecule has 0 aliphatic heterocycles. The summed E-state index contributed by atoms with van der Waals surface area (Å²) in [6.45, 7) is 4.48. The predicted octanol–water partition coefficient (Wildman–Crippen LogP) is 1.48. The molecule has 1 aliphatic carbocycles. The summed E-state index contributed by atoms with van der Waals surface area (Å²) in [5, 5.41) is 11.9. The quantitative estimate of drug-likeness (QED) is 0.509. The van der Waals surface area contributed by atoms with Gasteiger partial charge in [-0.2, -0.15) is 0 Å². The van der Waals surface area contributed by atoms with Crippen LogP contribution in [0.5, 0.6) is 0 Å². The SMILES string of the molecule is C=CCOCCCC(=O)NC1(C(=O)O)CCCC1. The number of hydrogen-bond donors (Lipinski definition) is 2. The zero-order valence-electron chi connectivity index (χ0n) is 10.6. The molecule has 1 amide bonds. The van der Waals surface area contributed by atoms with Crippen molar-refractivity contribution in [2.45, 2.75) is 44.1 Å². The molecule has 0 aromatic heterocycles. The number of carboxylic acid groups (broad SMARTS) is 1. The van der Waals surface area contributed by atoms with Gasteiger partial charge in [-0.1, -0.05) is 18.9 Å². The number of amides is 1. The molecule has 1 aliphatic rings. The first kappa shape index (κ1) is 14.7. The van der Waals surface area contributed by atoms with Gasteiger partial charge in [-0.25, -0.2) is 4.79 Å². The molecule has 0 heterocycles. The van der Waals surface area contributed by atoms with Crippen LogP contribution in [0, 0.1) is 0 Å². The summed E-state index contributed by atoms with van der Waals surface area (Å²) in [5.41, 5.74) is -1.03. The van der Waals surface area contributed by atoms with Gasteiger partial charge in [0.25, 0.3) is 0 Å². The van der Waals surface area contributed by atoms with Crippen LogP contribution in [0.15, 0.2) is 12.7 Å². The lowest BCUT2D eigenvalue weighted by atomic mass is 9.97. The lowest BCUT2D eigenvalue weighted by Gasteiger charge is -2.25. The van der Waals surface area contributed by atoms with Crippen molar-refractivity contribution in [2.24, 2.45) is 0 Å². The Balaban J connectivity index is 2.29. The van der Waals surface area contributed by atoms with Gasteiger partial charge in [0.05, 0.1) is 6.61 Å². The third-order valence-corrected chi connectivity index (χ3v) is 3.17. The number of aliphatic carboxylic acids is 1. The highest BCUT2D eigenvalue weighted by Gasteiger charge is 2.42. The Bertz CT molecular complexity index is 308. The van der Waals surface area contributed by atoms with Crippen LogP contribution in [0.25, 0.3) is 0 Å². The molecule has 5 nitrogen and oxygen atoms in total. The summed E-state index contributed by atoms with van der Waals surface area (Å²) < 4.78 is 5.16. The summed E-state index contributed by atoms with van der Waals surface area (Å²) in [6, 6.07) is 0. The van der Waals surface area contributed by atoms with Crippen LogP contribution in [-0.4, -0.2) is 35.7 Å². The lowest BCUT2D eigenvalue weighted by molar-refractivity contribution is -0.147. The van der Waals surface area contributed by atoms with E-state index < -0.39 is 11.5 Å². The highest BCUT2D eigenvalue weighted by Crippen LogP contribution is 2.29. The van der Waals surface area contributed by atoms with Crippen LogP contribution in [0.1, 0.15) is 38.5 Å². The van der Waals surface area contributed by atoms with E-state index >= 15 is 0 Å². The number of carboxylic acids is 1. The molecule has 0 atom stereocenters. The van der Waals surface area contributed by atoms with Gasteiger partial charge in [-0.3, -0.25) is 4.79 Å². The van der Waals surface area contributed by atoms with E-state index in [0.29, 0.717) is 38.9 Å². The Labute approximate surface area is 107 Å². The van der Waals surface area contributed by atoms with Gasteiger partial charge in [0.2, 0.25) is 5.91 Å². The molecule has 18 heavy (non-hydrogen) atoms. The van der Waals surface area contributed by atoms with Gasteiger partial charge in [-0.05, 0) is 19.3 Å². The fraction of sp³-hybridized carbons (Fsp3) is 0.692. The third kappa shape index (κ3) is 4.14. The Morgan fingerprint density at radius 2 is 2.06 bits per heavy atom. The van der Waals surface area contributed by atoms with E-state index in [-0.39, 0.29) is 5.91 Å². The van der Waals surface area contributed by atoms with Crippen molar-refractivity contribution >= 4 is 11.9 Å². The molecule has 0 aromatic carbocycles. The fourth-order valence-corrected chi connectivity index (χ4v) is 2.20. The normalized spacial score (nSPS) is 17.3. The zero-order valence-corrected chi connectivity index (χ0v) is 10.6. The maximum Gasteiger partial charge on any atom is 0.329 e. The van der Waals surface area contributed by atoms with Crippen LogP contribution >= 0.6 is 0 Å². The molecule has 1 saturated carbocycles. The third-order valence-electron chi connectivity index (χ3n) is 3.17. The lowest BCUT2D eigenvalue weighted by Crippen LogP contribution is -2.52. The number of rotatable bonds is 8. The second-order valence-electron chi connectivity index (χ2n) is 4.61. The summed E-state index contributed by atoms with van der Waals surface area (Å²) in [6.07, 6.45) is 5.31. The van der Waals surface area contributed by atoms with E-state index in [2.05, 4.69) is 11.9 Å². The number of carbonyl (C=O) groups excluding carboxylic acids is 1. The molecule has 102 valence electrons. The molecule has 0 radical (unpaired) electrons. The highest BCUT2D eigenvalue weighted by molar-refractivity contribution is 5.87. The molecule has 0 unspecified atom stereocenters.